The van der Waals surface area contributed by atoms with E-state index in [9.17, 15) is 4.79 Å². The fourth-order valence-electron chi connectivity index (χ4n) is 1.52. The summed E-state index contributed by atoms with van der Waals surface area (Å²) in [6.07, 6.45) is 1.58. The molecule has 0 spiro atoms. The minimum Gasteiger partial charge on any atom is -0.468 e. The molecule has 4 heteroatoms. The van der Waals surface area contributed by atoms with Crippen LogP contribution in [0.1, 0.15) is 19.8 Å². The minimum atomic E-state index is -0.716. The molecule has 0 aromatic heterocycles. The molecule has 1 aliphatic rings. The molecule has 0 aromatic rings. The van der Waals surface area contributed by atoms with Gasteiger partial charge in [-0.05, 0) is 25.7 Å². The third-order valence-corrected chi connectivity index (χ3v) is 2.53. The van der Waals surface area contributed by atoms with Crippen molar-refractivity contribution in [3.8, 4) is 0 Å². The molecular formula is C9H17NO3. The van der Waals surface area contributed by atoms with Crippen LogP contribution in [-0.2, 0) is 14.3 Å². The first-order valence-corrected chi connectivity index (χ1v) is 4.60. The monoisotopic (exact) mass is 187 g/mol. The topological polar surface area (TPSA) is 61.5 Å². The summed E-state index contributed by atoms with van der Waals surface area (Å²) in [6, 6.07) is 0. The summed E-state index contributed by atoms with van der Waals surface area (Å²) >= 11 is 0. The van der Waals surface area contributed by atoms with Gasteiger partial charge in [-0.2, -0.15) is 0 Å². The van der Waals surface area contributed by atoms with E-state index in [4.69, 9.17) is 10.5 Å². The second-order valence-electron chi connectivity index (χ2n) is 3.42. The van der Waals surface area contributed by atoms with Crippen LogP contribution < -0.4 is 5.73 Å². The Morgan fingerprint density at radius 2 is 2.38 bits per heavy atom. The molecule has 1 saturated carbocycles. The van der Waals surface area contributed by atoms with Crippen LogP contribution in [0.3, 0.4) is 0 Å². The lowest BCUT2D eigenvalue weighted by Crippen LogP contribution is -2.36. The highest BCUT2D eigenvalue weighted by Gasteiger charge is 2.57. The first-order valence-electron chi connectivity index (χ1n) is 4.60. The molecule has 0 unspecified atom stereocenters. The van der Waals surface area contributed by atoms with Gasteiger partial charge in [0.15, 0.2) is 0 Å². The summed E-state index contributed by atoms with van der Waals surface area (Å²) in [7, 11) is 1.37. The third kappa shape index (κ3) is 2.19. The van der Waals surface area contributed by atoms with Gasteiger partial charge in [0.2, 0.25) is 0 Å². The standard InChI is InChI=1S/C9H17NO3/c1-3-13-5-4-7-6-9(7,10)8(11)12-2/h7H,3-6,10H2,1-2H3/t7-,9-/m1/s1. The van der Waals surface area contributed by atoms with Crippen molar-refractivity contribution in [1.29, 1.82) is 0 Å². The summed E-state index contributed by atoms with van der Waals surface area (Å²) in [6.45, 7) is 3.34. The van der Waals surface area contributed by atoms with Gasteiger partial charge < -0.3 is 15.2 Å². The average molecular weight is 187 g/mol. The molecule has 0 radical (unpaired) electrons. The molecule has 76 valence electrons. The Morgan fingerprint density at radius 1 is 1.69 bits per heavy atom. The molecule has 0 heterocycles. The summed E-state index contributed by atoms with van der Waals surface area (Å²) in [5.41, 5.74) is 5.08. The number of hydrogen-bond acceptors (Lipinski definition) is 4. The molecule has 1 aliphatic carbocycles. The molecule has 0 amide bonds. The second kappa shape index (κ2) is 4.07. The molecule has 2 N–H and O–H groups in total. The zero-order valence-corrected chi connectivity index (χ0v) is 8.21. The molecular weight excluding hydrogens is 170 g/mol. The quantitative estimate of drug-likeness (QED) is 0.497. The second-order valence-corrected chi connectivity index (χ2v) is 3.42. The maximum Gasteiger partial charge on any atom is 0.326 e. The van der Waals surface area contributed by atoms with Crippen LogP contribution in [0, 0.1) is 5.92 Å². The van der Waals surface area contributed by atoms with Crippen LogP contribution in [0.25, 0.3) is 0 Å². The molecule has 4 nitrogen and oxygen atoms in total. The Morgan fingerprint density at radius 3 is 2.92 bits per heavy atom. The van der Waals surface area contributed by atoms with Gasteiger partial charge in [-0.3, -0.25) is 4.79 Å². The normalized spacial score (nSPS) is 31.5. The minimum absolute atomic E-state index is 0.242. The van der Waals surface area contributed by atoms with Crippen molar-refractivity contribution >= 4 is 5.97 Å². The molecule has 0 saturated heterocycles. The fourth-order valence-corrected chi connectivity index (χ4v) is 1.52. The number of rotatable bonds is 5. The number of esters is 1. The smallest absolute Gasteiger partial charge is 0.326 e. The Kier molecular flexibility index (Phi) is 3.27. The number of hydrogen-bond donors (Lipinski definition) is 1. The number of ether oxygens (including phenoxy) is 2. The first-order chi connectivity index (χ1) is 6.15. The third-order valence-electron chi connectivity index (χ3n) is 2.53. The van der Waals surface area contributed by atoms with Gasteiger partial charge in [0.25, 0.3) is 0 Å². The van der Waals surface area contributed by atoms with Crippen molar-refractivity contribution in [3.63, 3.8) is 0 Å². The average Bonchev–Trinajstić information content (AvgIpc) is 2.78. The molecule has 2 atom stereocenters. The largest absolute Gasteiger partial charge is 0.468 e. The van der Waals surface area contributed by atoms with Crippen molar-refractivity contribution in [3.05, 3.63) is 0 Å². The van der Waals surface area contributed by atoms with E-state index in [0.29, 0.717) is 13.2 Å². The Balaban J connectivity index is 2.23. The first kappa shape index (κ1) is 10.5. The van der Waals surface area contributed by atoms with Gasteiger partial charge in [0.1, 0.15) is 5.54 Å². The lowest BCUT2D eigenvalue weighted by Gasteiger charge is -2.08. The molecule has 1 rings (SSSR count). The lowest BCUT2D eigenvalue weighted by atomic mass is 10.2. The SMILES string of the molecule is CCOCC[C@@H]1C[C@]1(N)C(=O)OC. The lowest BCUT2D eigenvalue weighted by molar-refractivity contribution is -0.143. The van der Waals surface area contributed by atoms with Crippen LogP contribution in [0.5, 0.6) is 0 Å². The van der Waals surface area contributed by atoms with Crippen molar-refractivity contribution in [1.82, 2.24) is 0 Å². The van der Waals surface area contributed by atoms with E-state index in [1.807, 2.05) is 6.92 Å². The molecule has 1 fully saturated rings. The van der Waals surface area contributed by atoms with E-state index >= 15 is 0 Å². The van der Waals surface area contributed by atoms with Gasteiger partial charge in [0, 0.05) is 13.2 Å². The van der Waals surface area contributed by atoms with Crippen LogP contribution in [0.15, 0.2) is 0 Å². The summed E-state index contributed by atoms with van der Waals surface area (Å²) in [4.78, 5) is 11.2. The Labute approximate surface area is 78.4 Å². The van der Waals surface area contributed by atoms with Gasteiger partial charge in [-0.1, -0.05) is 0 Å². The van der Waals surface area contributed by atoms with Gasteiger partial charge in [-0.15, -0.1) is 0 Å². The molecule has 13 heavy (non-hydrogen) atoms. The van der Waals surface area contributed by atoms with Gasteiger partial charge in [-0.25, -0.2) is 0 Å². The van der Waals surface area contributed by atoms with Crippen molar-refractivity contribution in [2.24, 2.45) is 11.7 Å². The highest BCUT2D eigenvalue weighted by molar-refractivity contribution is 5.84. The van der Waals surface area contributed by atoms with E-state index in [0.717, 1.165) is 12.8 Å². The van der Waals surface area contributed by atoms with Crippen LogP contribution in [0.4, 0.5) is 0 Å². The molecule has 0 aromatic carbocycles. The zero-order chi connectivity index (χ0) is 9.90. The van der Waals surface area contributed by atoms with E-state index in [2.05, 4.69) is 4.74 Å². The Hall–Kier alpha value is -0.610. The van der Waals surface area contributed by atoms with E-state index < -0.39 is 5.54 Å². The molecule has 0 aliphatic heterocycles. The van der Waals surface area contributed by atoms with Crippen LogP contribution >= 0.6 is 0 Å². The highest BCUT2D eigenvalue weighted by atomic mass is 16.5. The molecule has 0 bridgehead atoms. The van der Waals surface area contributed by atoms with Crippen LogP contribution in [-0.4, -0.2) is 31.8 Å². The zero-order valence-electron chi connectivity index (χ0n) is 8.21. The highest BCUT2D eigenvalue weighted by Crippen LogP contribution is 2.44. The Bertz CT molecular complexity index is 195. The van der Waals surface area contributed by atoms with Gasteiger partial charge in [0.05, 0.1) is 7.11 Å². The number of carbonyl (C=O) groups excluding carboxylic acids is 1. The predicted molar refractivity (Wildman–Crippen MR) is 48.2 cm³/mol. The summed E-state index contributed by atoms with van der Waals surface area (Å²) < 4.78 is 9.79. The van der Waals surface area contributed by atoms with Crippen molar-refractivity contribution in [2.45, 2.75) is 25.3 Å². The fraction of sp³-hybridized carbons (Fsp3) is 0.889. The summed E-state index contributed by atoms with van der Waals surface area (Å²) in [5, 5.41) is 0. The van der Waals surface area contributed by atoms with Gasteiger partial charge >= 0.3 is 5.97 Å². The van der Waals surface area contributed by atoms with Crippen LogP contribution in [0.2, 0.25) is 0 Å². The van der Waals surface area contributed by atoms with E-state index in [1.165, 1.54) is 7.11 Å². The number of carbonyl (C=O) groups is 1. The van der Waals surface area contributed by atoms with E-state index in [-0.39, 0.29) is 11.9 Å². The van der Waals surface area contributed by atoms with E-state index in [1.54, 1.807) is 0 Å². The maximum atomic E-state index is 11.2. The summed E-state index contributed by atoms with van der Waals surface area (Å²) in [5.74, 6) is -0.0551. The van der Waals surface area contributed by atoms with Crippen molar-refractivity contribution < 1.29 is 14.3 Å². The predicted octanol–water partition coefficient (Wildman–Crippen LogP) is 0.303. The van der Waals surface area contributed by atoms with Crippen molar-refractivity contribution in [2.75, 3.05) is 20.3 Å². The number of nitrogens with two attached hydrogens (primary N) is 1. The number of methoxy groups -OCH3 is 1. The maximum absolute atomic E-state index is 11.2.